The number of fused-ring (bicyclic) bond motifs is 3. The van der Waals surface area contributed by atoms with E-state index in [0.29, 0.717) is 29.1 Å². The second-order valence-corrected chi connectivity index (χ2v) is 7.38. The molecule has 0 atom stereocenters. The summed E-state index contributed by atoms with van der Waals surface area (Å²) >= 11 is 0. The molecule has 0 spiro atoms. The van der Waals surface area contributed by atoms with E-state index in [2.05, 4.69) is 10.6 Å². The van der Waals surface area contributed by atoms with Gasteiger partial charge in [-0.3, -0.25) is 9.59 Å². The number of carbonyl (C=O) groups is 3. The number of esters is 1. The highest BCUT2D eigenvalue weighted by Crippen LogP contribution is 2.36. The summed E-state index contributed by atoms with van der Waals surface area (Å²) in [6.45, 7) is 1.33. The third-order valence-electron chi connectivity index (χ3n) is 5.04. The number of anilines is 1. The average Bonchev–Trinajstić information content (AvgIpc) is 3.18. The van der Waals surface area contributed by atoms with E-state index in [-0.39, 0.29) is 5.91 Å². The molecule has 2 N–H and O–H groups in total. The lowest BCUT2D eigenvalue weighted by atomic mass is 10.1. The number of hydrogen-bond donors (Lipinski definition) is 2. The number of ether oxygens (including phenoxy) is 2. The highest BCUT2D eigenvalue weighted by Gasteiger charge is 2.16. The van der Waals surface area contributed by atoms with E-state index in [1.54, 1.807) is 36.4 Å². The zero-order chi connectivity index (χ0) is 23.4. The first-order valence-electron chi connectivity index (χ1n) is 10.2. The van der Waals surface area contributed by atoms with E-state index in [0.717, 1.165) is 21.9 Å². The molecule has 4 aromatic rings. The fourth-order valence-electron chi connectivity index (χ4n) is 3.40. The van der Waals surface area contributed by atoms with Crippen LogP contribution in [0.2, 0.25) is 0 Å². The normalized spacial score (nSPS) is 10.7. The number of rotatable bonds is 7. The monoisotopic (exact) mass is 446 g/mol. The van der Waals surface area contributed by atoms with Crippen molar-refractivity contribution in [2.45, 2.75) is 13.5 Å². The number of benzene rings is 3. The van der Waals surface area contributed by atoms with Crippen LogP contribution in [-0.2, 0) is 20.9 Å². The van der Waals surface area contributed by atoms with Gasteiger partial charge in [-0.15, -0.1) is 0 Å². The van der Waals surface area contributed by atoms with Crippen molar-refractivity contribution in [1.29, 1.82) is 0 Å². The highest BCUT2D eigenvalue weighted by molar-refractivity contribution is 6.08. The predicted octanol–water partition coefficient (Wildman–Crippen LogP) is 4.03. The fourth-order valence-corrected chi connectivity index (χ4v) is 3.40. The minimum atomic E-state index is -0.629. The maximum absolute atomic E-state index is 12.4. The Kier molecular flexibility index (Phi) is 6.26. The second-order valence-electron chi connectivity index (χ2n) is 7.38. The number of para-hydroxylation sites is 1. The summed E-state index contributed by atoms with van der Waals surface area (Å²) in [5.74, 6) is -0.820. The van der Waals surface area contributed by atoms with E-state index in [1.807, 2.05) is 24.3 Å². The molecule has 3 aromatic carbocycles. The van der Waals surface area contributed by atoms with Gasteiger partial charge in [0.15, 0.2) is 6.61 Å². The summed E-state index contributed by atoms with van der Waals surface area (Å²) in [6, 6.07) is 17.7. The van der Waals surface area contributed by atoms with Crippen molar-refractivity contribution >= 4 is 45.4 Å². The average molecular weight is 446 g/mol. The van der Waals surface area contributed by atoms with Gasteiger partial charge in [0.25, 0.3) is 5.91 Å². The SMILES string of the molecule is COc1cc2c(cc1NC(=O)COC(=O)c1ccc(CNC(C)=O)cc1)oc1ccccc12. The van der Waals surface area contributed by atoms with Crippen LogP contribution < -0.4 is 15.4 Å². The third-order valence-corrected chi connectivity index (χ3v) is 5.04. The number of hydrogen-bond acceptors (Lipinski definition) is 6. The van der Waals surface area contributed by atoms with Crippen molar-refractivity contribution in [3.05, 3.63) is 71.8 Å². The fraction of sp³-hybridized carbons (Fsp3) is 0.160. The molecule has 1 aromatic heterocycles. The molecular formula is C25H22N2O6. The van der Waals surface area contributed by atoms with Crippen molar-refractivity contribution in [1.82, 2.24) is 5.32 Å². The summed E-state index contributed by atoms with van der Waals surface area (Å²) in [6.07, 6.45) is 0. The molecule has 0 saturated carbocycles. The van der Waals surface area contributed by atoms with Gasteiger partial charge in [0.05, 0.1) is 18.4 Å². The molecule has 0 aliphatic heterocycles. The lowest BCUT2D eigenvalue weighted by Gasteiger charge is -2.11. The largest absolute Gasteiger partial charge is 0.495 e. The number of furan rings is 1. The highest BCUT2D eigenvalue weighted by atomic mass is 16.5. The predicted molar refractivity (Wildman–Crippen MR) is 123 cm³/mol. The van der Waals surface area contributed by atoms with Crippen molar-refractivity contribution in [3.63, 3.8) is 0 Å². The van der Waals surface area contributed by atoms with E-state index in [1.165, 1.54) is 14.0 Å². The number of nitrogens with one attached hydrogen (secondary N) is 2. The standard InChI is InChI=1S/C25H22N2O6/c1-15(28)26-13-16-7-9-17(10-8-16)25(30)32-14-24(29)27-20-12-22-19(11-23(20)31-2)18-5-3-4-6-21(18)33-22/h3-12H,13-14H2,1-2H3,(H,26,28)(H,27,29). The van der Waals surface area contributed by atoms with E-state index < -0.39 is 18.5 Å². The van der Waals surface area contributed by atoms with Gasteiger partial charge >= 0.3 is 5.97 Å². The number of methoxy groups -OCH3 is 1. The van der Waals surface area contributed by atoms with Crippen molar-refractivity contribution in [2.24, 2.45) is 0 Å². The summed E-state index contributed by atoms with van der Waals surface area (Å²) < 4.78 is 16.4. The van der Waals surface area contributed by atoms with Crippen LogP contribution in [0.25, 0.3) is 21.9 Å². The van der Waals surface area contributed by atoms with Crippen LogP contribution in [0.5, 0.6) is 5.75 Å². The van der Waals surface area contributed by atoms with Crippen LogP contribution in [0, 0.1) is 0 Å². The van der Waals surface area contributed by atoms with Crippen molar-refractivity contribution in [3.8, 4) is 5.75 Å². The zero-order valence-electron chi connectivity index (χ0n) is 18.1. The van der Waals surface area contributed by atoms with Crippen LogP contribution in [0.15, 0.2) is 65.1 Å². The minimum Gasteiger partial charge on any atom is -0.495 e. The number of carbonyl (C=O) groups excluding carboxylic acids is 3. The maximum atomic E-state index is 12.4. The molecule has 8 nitrogen and oxygen atoms in total. The molecule has 0 fully saturated rings. The summed E-state index contributed by atoms with van der Waals surface area (Å²) in [5.41, 5.74) is 2.88. The Morgan fingerprint density at radius 2 is 1.70 bits per heavy atom. The van der Waals surface area contributed by atoms with Crippen LogP contribution in [0.4, 0.5) is 5.69 Å². The van der Waals surface area contributed by atoms with Gasteiger partial charge in [0, 0.05) is 30.3 Å². The molecule has 8 heteroatoms. The van der Waals surface area contributed by atoms with Crippen LogP contribution in [0.3, 0.4) is 0 Å². The lowest BCUT2D eigenvalue weighted by Crippen LogP contribution is -2.21. The molecule has 0 aliphatic rings. The Balaban J connectivity index is 1.40. The minimum absolute atomic E-state index is 0.138. The topological polar surface area (TPSA) is 107 Å². The van der Waals surface area contributed by atoms with Crippen LogP contribution >= 0.6 is 0 Å². The van der Waals surface area contributed by atoms with E-state index in [9.17, 15) is 14.4 Å². The number of amides is 2. The summed E-state index contributed by atoms with van der Waals surface area (Å²) in [5, 5.41) is 7.19. The Morgan fingerprint density at radius 1 is 0.939 bits per heavy atom. The maximum Gasteiger partial charge on any atom is 0.338 e. The molecule has 0 unspecified atom stereocenters. The Hall–Kier alpha value is -4.33. The molecule has 33 heavy (non-hydrogen) atoms. The van der Waals surface area contributed by atoms with Gasteiger partial charge in [0.1, 0.15) is 16.9 Å². The lowest BCUT2D eigenvalue weighted by molar-refractivity contribution is -0.119. The molecule has 0 saturated heterocycles. The van der Waals surface area contributed by atoms with Gasteiger partial charge in [-0.2, -0.15) is 0 Å². The van der Waals surface area contributed by atoms with Gasteiger partial charge in [-0.05, 0) is 29.8 Å². The summed E-state index contributed by atoms with van der Waals surface area (Å²) in [7, 11) is 1.51. The zero-order valence-corrected chi connectivity index (χ0v) is 18.1. The second kappa shape index (κ2) is 9.44. The summed E-state index contributed by atoms with van der Waals surface area (Å²) in [4.78, 5) is 35.7. The Morgan fingerprint density at radius 3 is 2.42 bits per heavy atom. The van der Waals surface area contributed by atoms with E-state index in [4.69, 9.17) is 13.9 Å². The molecule has 0 aliphatic carbocycles. The molecule has 168 valence electrons. The first-order chi connectivity index (χ1) is 15.9. The van der Waals surface area contributed by atoms with Gasteiger partial charge in [0.2, 0.25) is 5.91 Å². The van der Waals surface area contributed by atoms with Gasteiger partial charge < -0.3 is 24.5 Å². The van der Waals surface area contributed by atoms with Crippen molar-refractivity contribution < 1.29 is 28.3 Å². The Labute approximate surface area is 189 Å². The van der Waals surface area contributed by atoms with Crippen molar-refractivity contribution in [2.75, 3.05) is 19.0 Å². The molecule has 0 bridgehead atoms. The molecule has 1 heterocycles. The van der Waals surface area contributed by atoms with Gasteiger partial charge in [-0.1, -0.05) is 30.3 Å². The third kappa shape index (κ3) is 4.95. The van der Waals surface area contributed by atoms with E-state index >= 15 is 0 Å². The Bertz CT molecular complexity index is 1340. The molecule has 0 radical (unpaired) electrons. The molecule has 4 rings (SSSR count). The molecule has 2 amide bonds. The smallest absolute Gasteiger partial charge is 0.338 e. The van der Waals surface area contributed by atoms with Crippen LogP contribution in [-0.4, -0.2) is 31.5 Å². The van der Waals surface area contributed by atoms with Crippen LogP contribution in [0.1, 0.15) is 22.8 Å². The van der Waals surface area contributed by atoms with Gasteiger partial charge in [-0.25, -0.2) is 4.79 Å². The first-order valence-corrected chi connectivity index (χ1v) is 10.2. The quantitative estimate of drug-likeness (QED) is 0.415. The first kappa shape index (κ1) is 21.9. The molecular weight excluding hydrogens is 424 g/mol.